The van der Waals surface area contributed by atoms with Crippen LogP contribution in [0.4, 0.5) is 0 Å². The molecule has 1 unspecified atom stereocenters. The Bertz CT molecular complexity index is 371. The van der Waals surface area contributed by atoms with Gasteiger partial charge in [0.15, 0.2) is 0 Å². The van der Waals surface area contributed by atoms with Gasteiger partial charge in [-0.3, -0.25) is 4.79 Å². The van der Waals surface area contributed by atoms with Crippen LogP contribution in [0, 0.1) is 0 Å². The van der Waals surface area contributed by atoms with Crippen molar-refractivity contribution in [1.82, 2.24) is 0 Å². The molecule has 1 aliphatic rings. The highest BCUT2D eigenvalue weighted by Gasteiger charge is 2.22. The van der Waals surface area contributed by atoms with Crippen molar-refractivity contribution < 1.29 is 19.1 Å². The normalized spacial score (nSPS) is 20.2. The summed E-state index contributed by atoms with van der Waals surface area (Å²) >= 11 is 1.34. The molecule has 2 heterocycles. The van der Waals surface area contributed by atoms with Gasteiger partial charge in [-0.15, -0.1) is 11.3 Å². The predicted molar refractivity (Wildman–Crippen MR) is 58.3 cm³/mol. The minimum atomic E-state index is -0.350. The summed E-state index contributed by atoms with van der Waals surface area (Å²) in [5.74, 6) is -0.556. The van der Waals surface area contributed by atoms with Crippen LogP contribution < -0.4 is 0 Å². The van der Waals surface area contributed by atoms with E-state index < -0.39 is 0 Å². The van der Waals surface area contributed by atoms with Gasteiger partial charge in [0.25, 0.3) is 0 Å². The fraction of sp³-hybridized carbons (Fsp3) is 0.455. The Morgan fingerprint density at radius 1 is 1.62 bits per heavy atom. The summed E-state index contributed by atoms with van der Waals surface area (Å²) < 4.78 is 10.1. The monoisotopic (exact) mass is 240 g/mol. The van der Waals surface area contributed by atoms with Gasteiger partial charge >= 0.3 is 11.9 Å². The molecule has 86 valence electrons. The molecule has 0 bridgehead atoms. The average Bonchev–Trinajstić information content (AvgIpc) is 2.79. The topological polar surface area (TPSA) is 52.6 Å². The molecule has 0 spiro atoms. The molecule has 4 nitrogen and oxygen atoms in total. The second-order valence-corrected chi connectivity index (χ2v) is 4.53. The van der Waals surface area contributed by atoms with Crippen molar-refractivity contribution in [1.29, 1.82) is 0 Å². The summed E-state index contributed by atoms with van der Waals surface area (Å²) in [6.07, 6.45) is 1.77. The lowest BCUT2D eigenvalue weighted by Gasteiger charge is -2.21. The molecule has 0 aromatic carbocycles. The van der Waals surface area contributed by atoms with Crippen molar-refractivity contribution in [3.05, 3.63) is 22.4 Å². The lowest BCUT2D eigenvalue weighted by Crippen LogP contribution is -2.28. The second-order valence-electron chi connectivity index (χ2n) is 3.58. The summed E-state index contributed by atoms with van der Waals surface area (Å²) in [4.78, 5) is 23.0. The standard InChI is InChI=1S/C11H12O4S/c12-10-5-1-3-8(15-10)7-14-11(13)9-4-2-6-16-9/h2,4,6,8H,1,3,5,7H2. The first-order valence-electron chi connectivity index (χ1n) is 5.16. The van der Waals surface area contributed by atoms with E-state index in [1.54, 1.807) is 12.1 Å². The molecule has 0 saturated carbocycles. The average molecular weight is 240 g/mol. The zero-order valence-electron chi connectivity index (χ0n) is 8.68. The van der Waals surface area contributed by atoms with Crippen LogP contribution in [-0.2, 0) is 14.3 Å². The SMILES string of the molecule is O=C1CCCC(COC(=O)c2cccs2)O1. The van der Waals surface area contributed by atoms with E-state index in [0.29, 0.717) is 11.3 Å². The van der Waals surface area contributed by atoms with E-state index in [2.05, 4.69) is 0 Å². The quantitative estimate of drug-likeness (QED) is 0.758. The van der Waals surface area contributed by atoms with E-state index >= 15 is 0 Å². The summed E-state index contributed by atoms with van der Waals surface area (Å²) in [6.45, 7) is 0.155. The number of carbonyl (C=O) groups excluding carboxylic acids is 2. The van der Waals surface area contributed by atoms with Crippen LogP contribution in [0.3, 0.4) is 0 Å². The molecule has 0 N–H and O–H groups in total. The molecule has 1 atom stereocenters. The minimum Gasteiger partial charge on any atom is -0.459 e. The number of hydrogen-bond acceptors (Lipinski definition) is 5. The first-order valence-corrected chi connectivity index (χ1v) is 6.04. The van der Waals surface area contributed by atoms with Crippen molar-refractivity contribution in [2.24, 2.45) is 0 Å². The van der Waals surface area contributed by atoms with Gasteiger partial charge in [-0.2, -0.15) is 0 Å². The van der Waals surface area contributed by atoms with Crippen molar-refractivity contribution in [2.45, 2.75) is 25.4 Å². The molecule has 0 aliphatic carbocycles. The van der Waals surface area contributed by atoms with Crippen molar-refractivity contribution in [2.75, 3.05) is 6.61 Å². The Hall–Kier alpha value is -1.36. The highest BCUT2D eigenvalue weighted by atomic mass is 32.1. The van der Waals surface area contributed by atoms with E-state index in [1.165, 1.54) is 11.3 Å². The third kappa shape index (κ3) is 2.82. The molecule has 0 radical (unpaired) electrons. The van der Waals surface area contributed by atoms with E-state index in [9.17, 15) is 9.59 Å². The van der Waals surface area contributed by atoms with Gasteiger partial charge in [0, 0.05) is 6.42 Å². The largest absolute Gasteiger partial charge is 0.459 e. The molecular formula is C11H12O4S. The van der Waals surface area contributed by atoms with Gasteiger partial charge in [-0.05, 0) is 24.3 Å². The zero-order valence-corrected chi connectivity index (χ0v) is 9.50. The molecular weight excluding hydrogens is 228 g/mol. The Morgan fingerprint density at radius 3 is 3.19 bits per heavy atom. The zero-order chi connectivity index (χ0) is 11.4. The smallest absolute Gasteiger partial charge is 0.348 e. The van der Waals surface area contributed by atoms with Crippen LogP contribution in [-0.4, -0.2) is 24.6 Å². The molecule has 1 saturated heterocycles. The summed E-state index contributed by atoms with van der Waals surface area (Å²) in [6, 6.07) is 3.50. The summed E-state index contributed by atoms with van der Waals surface area (Å²) in [5.41, 5.74) is 0. The molecule has 5 heteroatoms. The summed E-state index contributed by atoms with van der Waals surface area (Å²) in [5, 5.41) is 1.82. The molecule has 1 aromatic heterocycles. The number of thiophene rings is 1. The first kappa shape index (κ1) is 11.1. The predicted octanol–water partition coefficient (Wildman–Crippen LogP) is 2.00. The highest BCUT2D eigenvalue weighted by Crippen LogP contribution is 2.16. The fourth-order valence-corrected chi connectivity index (χ4v) is 2.15. The molecule has 1 fully saturated rings. The van der Waals surface area contributed by atoms with Crippen LogP contribution in [0.2, 0.25) is 0 Å². The van der Waals surface area contributed by atoms with Crippen LogP contribution >= 0.6 is 11.3 Å². The third-order valence-corrected chi connectivity index (χ3v) is 3.18. The maximum absolute atomic E-state index is 11.5. The Morgan fingerprint density at radius 2 is 2.50 bits per heavy atom. The van der Waals surface area contributed by atoms with Gasteiger partial charge in [0.05, 0.1) is 0 Å². The second kappa shape index (κ2) is 5.12. The molecule has 0 amide bonds. The fourth-order valence-electron chi connectivity index (χ4n) is 1.53. The number of hydrogen-bond donors (Lipinski definition) is 0. The Balaban J connectivity index is 1.79. The Labute approximate surface area is 97.2 Å². The van der Waals surface area contributed by atoms with Crippen LogP contribution in [0.25, 0.3) is 0 Å². The van der Waals surface area contributed by atoms with Crippen molar-refractivity contribution >= 4 is 23.3 Å². The molecule has 2 rings (SSSR count). The maximum atomic E-state index is 11.5. The van der Waals surface area contributed by atoms with E-state index in [4.69, 9.17) is 9.47 Å². The van der Waals surface area contributed by atoms with Crippen LogP contribution in [0.1, 0.15) is 28.9 Å². The van der Waals surface area contributed by atoms with Crippen LogP contribution in [0.15, 0.2) is 17.5 Å². The number of ether oxygens (including phenoxy) is 2. The molecule has 1 aliphatic heterocycles. The lowest BCUT2D eigenvalue weighted by molar-refractivity contribution is -0.156. The van der Waals surface area contributed by atoms with Crippen molar-refractivity contribution in [3.63, 3.8) is 0 Å². The maximum Gasteiger partial charge on any atom is 0.348 e. The number of rotatable bonds is 3. The van der Waals surface area contributed by atoms with Crippen molar-refractivity contribution in [3.8, 4) is 0 Å². The summed E-state index contributed by atoms with van der Waals surface area (Å²) in [7, 11) is 0. The van der Waals surface area contributed by atoms with Gasteiger partial charge in [0.2, 0.25) is 0 Å². The molecule has 16 heavy (non-hydrogen) atoms. The van der Waals surface area contributed by atoms with Gasteiger partial charge in [0.1, 0.15) is 17.6 Å². The van der Waals surface area contributed by atoms with Crippen LogP contribution in [0.5, 0.6) is 0 Å². The molecule has 1 aromatic rings. The van der Waals surface area contributed by atoms with E-state index in [-0.39, 0.29) is 24.6 Å². The lowest BCUT2D eigenvalue weighted by atomic mass is 10.1. The van der Waals surface area contributed by atoms with Gasteiger partial charge in [-0.1, -0.05) is 6.07 Å². The first-order chi connectivity index (χ1) is 7.75. The number of carbonyl (C=O) groups is 2. The minimum absolute atomic E-state index is 0.155. The van der Waals surface area contributed by atoms with Gasteiger partial charge in [-0.25, -0.2) is 4.79 Å². The number of cyclic esters (lactones) is 1. The Kier molecular flexibility index (Phi) is 3.56. The number of esters is 2. The van der Waals surface area contributed by atoms with E-state index in [1.807, 2.05) is 5.38 Å². The highest BCUT2D eigenvalue weighted by molar-refractivity contribution is 7.11. The van der Waals surface area contributed by atoms with E-state index in [0.717, 1.165) is 12.8 Å². The third-order valence-electron chi connectivity index (χ3n) is 2.33. The van der Waals surface area contributed by atoms with Gasteiger partial charge < -0.3 is 9.47 Å².